The third-order valence-corrected chi connectivity index (χ3v) is 2.20. The maximum atomic E-state index is 10.7. The predicted molar refractivity (Wildman–Crippen MR) is 60.4 cm³/mol. The van der Waals surface area contributed by atoms with E-state index < -0.39 is 18.5 Å². The molecule has 1 aliphatic rings. The van der Waals surface area contributed by atoms with Gasteiger partial charge in [-0.3, -0.25) is 9.59 Å². The molecule has 1 heterocycles. The first-order valence-electron chi connectivity index (χ1n) is 5.54. The van der Waals surface area contributed by atoms with Gasteiger partial charge in [0.2, 0.25) is 5.91 Å². The summed E-state index contributed by atoms with van der Waals surface area (Å²) in [5.74, 6) is -1.48. The van der Waals surface area contributed by atoms with E-state index in [4.69, 9.17) is 5.11 Å². The fraction of sp³-hybridized carbons (Fsp3) is 0.727. The highest BCUT2D eigenvalue weighted by Gasteiger charge is 2.10. The molecule has 0 aliphatic carbocycles. The summed E-state index contributed by atoms with van der Waals surface area (Å²) in [6.45, 7) is 4.22. The number of carboxylic acid groups (broad SMARTS) is 1. The van der Waals surface area contributed by atoms with Crippen LogP contribution in [0.4, 0.5) is 0 Å². The van der Waals surface area contributed by atoms with Gasteiger partial charge in [0.25, 0.3) is 0 Å². The van der Waals surface area contributed by atoms with E-state index in [1.54, 1.807) is 6.92 Å². The zero-order valence-corrected chi connectivity index (χ0v) is 10.3. The lowest BCUT2D eigenvalue weighted by molar-refractivity contribution is -0.153. The Hall–Kier alpha value is -1.59. The molecule has 0 radical (unpaired) electrons. The van der Waals surface area contributed by atoms with Crippen LogP contribution in [0.15, 0.2) is 0 Å². The zero-order chi connectivity index (χ0) is 13.3. The molecule has 1 saturated heterocycles. The molecule has 0 unspecified atom stereocenters. The summed E-state index contributed by atoms with van der Waals surface area (Å²) in [5.41, 5.74) is 0. The highest BCUT2D eigenvalue weighted by Crippen LogP contribution is 2.07. The number of hydrogen-bond acceptors (Lipinski definition) is 4. The van der Waals surface area contributed by atoms with Crippen LogP contribution < -0.4 is 0 Å². The summed E-state index contributed by atoms with van der Waals surface area (Å²) in [6.07, 6.45) is 3.68. The van der Waals surface area contributed by atoms with Crippen LogP contribution in [0.1, 0.15) is 33.1 Å². The summed E-state index contributed by atoms with van der Waals surface area (Å²) < 4.78 is 4.06. The van der Waals surface area contributed by atoms with Crippen LogP contribution in [0.25, 0.3) is 0 Å². The van der Waals surface area contributed by atoms with Gasteiger partial charge in [0.05, 0.1) is 0 Å². The van der Waals surface area contributed by atoms with Crippen molar-refractivity contribution in [2.24, 2.45) is 0 Å². The van der Waals surface area contributed by atoms with Crippen molar-refractivity contribution < 1.29 is 24.2 Å². The molecular formula is C11H19NO5. The molecule has 0 bridgehead atoms. The van der Waals surface area contributed by atoms with E-state index in [1.165, 1.54) is 19.3 Å². The Balaban J connectivity index is 0.000000304. The van der Waals surface area contributed by atoms with Crippen molar-refractivity contribution in [3.05, 3.63) is 0 Å². The number of nitrogens with zero attached hydrogens (tertiary/aromatic N) is 1. The number of piperidine rings is 1. The van der Waals surface area contributed by atoms with Crippen LogP contribution in [-0.4, -0.2) is 47.5 Å². The number of carbonyl (C=O) groups is 3. The number of rotatable bonds is 2. The standard InChI is InChI=1S/C7H13NO.C4H6O4/c1-7(9)8-5-3-2-4-6-8;1-3(5)8-2-4(6)7/h2-6H2,1H3;2H2,1H3,(H,6,7). The topological polar surface area (TPSA) is 83.9 Å². The van der Waals surface area contributed by atoms with Crippen LogP contribution in [0.5, 0.6) is 0 Å². The molecular weight excluding hydrogens is 226 g/mol. The monoisotopic (exact) mass is 245 g/mol. The second-order valence-electron chi connectivity index (χ2n) is 3.74. The predicted octanol–water partition coefficient (Wildman–Crippen LogP) is 0.653. The third-order valence-electron chi connectivity index (χ3n) is 2.20. The maximum absolute atomic E-state index is 10.7. The first-order valence-corrected chi connectivity index (χ1v) is 5.54. The number of amides is 1. The van der Waals surface area contributed by atoms with Gasteiger partial charge in [-0.2, -0.15) is 0 Å². The van der Waals surface area contributed by atoms with Crippen LogP contribution in [0, 0.1) is 0 Å². The van der Waals surface area contributed by atoms with Gasteiger partial charge < -0.3 is 14.7 Å². The number of likely N-dealkylation sites (tertiary alicyclic amines) is 1. The molecule has 1 aliphatic heterocycles. The average molecular weight is 245 g/mol. The lowest BCUT2D eigenvalue weighted by Crippen LogP contribution is -2.33. The molecule has 1 N–H and O–H groups in total. The van der Waals surface area contributed by atoms with Crippen LogP contribution >= 0.6 is 0 Å². The average Bonchev–Trinajstić information content (AvgIpc) is 2.28. The van der Waals surface area contributed by atoms with E-state index in [2.05, 4.69) is 4.74 Å². The van der Waals surface area contributed by atoms with Crippen molar-refractivity contribution in [2.75, 3.05) is 19.7 Å². The lowest BCUT2D eigenvalue weighted by atomic mass is 10.1. The molecule has 17 heavy (non-hydrogen) atoms. The number of esters is 1. The van der Waals surface area contributed by atoms with E-state index in [9.17, 15) is 14.4 Å². The first kappa shape index (κ1) is 15.4. The fourth-order valence-electron chi connectivity index (χ4n) is 1.37. The Bertz CT molecular complexity index is 257. The Morgan fingerprint density at radius 3 is 1.88 bits per heavy atom. The summed E-state index contributed by atoms with van der Waals surface area (Å²) in [7, 11) is 0. The number of ether oxygens (including phenoxy) is 1. The van der Waals surface area contributed by atoms with E-state index >= 15 is 0 Å². The molecule has 1 rings (SSSR count). The van der Waals surface area contributed by atoms with E-state index in [0.29, 0.717) is 0 Å². The van der Waals surface area contributed by atoms with Gasteiger partial charge in [-0.15, -0.1) is 0 Å². The minimum absolute atomic E-state index is 0.231. The summed E-state index contributed by atoms with van der Waals surface area (Å²) >= 11 is 0. The molecule has 0 spiro atoms. The Morgan fingerprint density at radius 2 is 1.65 bits per heavy atom. The van der Waals surface area contributed by atoms with Crippen molar-refractivity contribution in [3.63, 3.8) is 0 Å². The molecule has 0 aromatic heterocycles. The van der Waals surface area contributed by atoms with Gasteiger partial charge in [-0.1, -0.05) is 0 Å². The molecule has 1 fully saturated rings. The quantitative estimate of drug-likeness (QED) is 0.722. The minimum atomic E-state index is -1.14. The van der Waals surface area contributed by atoms with Crippen molar-refractivity contribution in [2.45, 2.75) is 33.1 Å². The maximum Gasteiger partial charge on any atom is 0.341 e. The fourth-order valence-corrected chi connectivity index (χ4v) is 1.37. The number of aliphatic carboxylic acids is 1. The van der Waals surface area contributed by atoms with Crippen molar-refractivity contribution in [3.8, 4) is 0 Å². The van der Waals surface area contributed by atoms with Gasteiger partial charge in [0.15, 0.2) is 6.61 Å². The largest absolute Gasteiger partial charge is 0.479 e. The molecule has 1 amide bonds. The van der Waals surface area contributed by atoms with Gasteiger partial charge in [-0.25, -0.2) is 4.79 Å². The van der Waals surface area contributed by atoms with Crippen molar-refractivity contribution >= 4 is 17.8 Å². The molecule has 0 atom stereocenters. The number of carboxylic acids is 1. The highest BCUT2D eigenvalue weighted by atomic mass is 16.5. The second kappa shape index (κ2) is 8.55. The van der Waals surface area contributed by atoms with Gasteiger partial charge in [0.1, 0.15) is 0 Å². The minimum Gasteiger partial charge on any atom is -0.479 e. The number of hydrogen-bond donors (Lipinski definition) is 1. The smallest absolute Gasteiger partial charge is 0.341 e. The van der Waals surface area contributed by atoms with Crippen molar-refractivity contribution in [1.82, 2.24) is 4.90 Å². The SMILES string of the molecule is CC(=O)N1CCCCC1.CC(=O)OCC(=O)O. The lowest BCUT2D eigenvalue weighted by Gasteiger charge is -2.24. The Labute approximate surface area is 101 Å². The second-order valence-corrected chi connectivity index (χ2v) is 3.74. The third kappa shape index (κ3) is 9.35. The summed E-state index contributed by atoms with van der Waals surface area (Å²) in [4.78, 5) is 32.1. The first-order chi connectivity index (χ1) is 7.93. The van der Waals surface area contributed by atoms with Gasteiger partial charge in [0, 0.05) is 26.9 Å². The normalized spacial score (nSPS) is 14.4. The molecule has 0 saturated carbocycles. The molecule has 6 heteroatoms. The van der Waals surface area contributed by atoms with Gasteiger partial charge >= 0.3 is 11.9 Å². The summed E-state index contributed by atoms with van der Waals surface area (Å²) in [5, 5.41) is 7.89. The van der Waals surface area contributed by atoms with Crippen LogP contribution in [-0.2, 0) is 19.1 Å². The van der Waals surface area contributed by atoms with E-state index in [0.717, 1.165) is 20.0 Å². The Kier molecular flexibility index (Phi) is 7.75. The highest BCUT2D eigenvalue weighted by molar-refractivity contribution is 5.73. The number of carbonyl (C=O) groups excluding carboxylic acids is 2. The van der Waals surface area contributed by atoms with E-state index in [1.807, 2.05) is 4.90 Å². The molecule has 6 nitrogen and oxygen atoms in total. The van der Waals surface area contributed by atoms with Crippen LogP contribution in [0.2, 0.25) is 0 Å². The zero-order valence-electron chi connectivity index (χ0n) is 10.3. The van der Waals surface area contributed by atoms with Crippen molar-refractivity contribution in [1.29, 1.82) is 0 Å². The molecule has 0 aromatic rings. The molecule has 0 aromatic carbocycles. The van der Waals surface area contributed by atoms with Crippen LogP contribution in [0.3, 0.4) is 0 Å². The summed E-state index contributed by atoms with van der Waals surface area (Å²) in [6, 6.07) is 0. The van der Waals surface area contributed by atoms with Gasteiger partial charge in [-0.05, 0) is 19.3 Å². The van der Waals surface area contributed by atoms with E-state index in [-0.39, 0.29) is 5.91 Å². The Morgan fingerprint density at radius 1 is 1.12 bits per heavy atom. The molecule has 98 valence electrons.